The maximum absolute atomic E-state index is 12.9. The molecular formula is C20H19FN2O4S. The van der Waals surface area contributed by atoms with Crippen molar-refractivity contribution in [3.05, 3.63) is 54.3 Å². The smallest absolute Gasteiger partial charge is 0.308 e. The average Bonchev–Trinajstić information content (AvgIpc) is 2.69. The predicted molar refractivity (Wildman–Crippen MR) is 105 cm³/mol. The first-order chi connectivity index (χ1) is 13.4. The first-order valence-corrected chi connectivity index (χ1v) is 9.70. The number of halogens is 1. The molecule has 0 bridgehead atoms. The van der Waals surface area contributed by atoms with Gasteiger partial charge in [-0.2, -0.15) is 0 Å². The van der Waals surface area contributed by atoms with Crippen molar-refractivity contribution in [1.82, 2.24) is 0 Å². The highest BCUT2D eigenvalue weighted by Gasteiger charge is 2.25. The van der Waals surface area contributed by atoms with Gasteiger partial charge in [-0.3, -0.25) is 14.4 Å². The third-order valence-electron chi connectivity index (χ3n) is 4.14. The number of hydrogen-bond acceptors (Lipinski definition) is 5. The topological polar surface area (TPSA) is 75.7 Å². The van der Waals surface area contributed by atoms with Crippen molar-refractivity contribution in [2.75, 3.05) is 22.5 Å². The van der Waals surface area contributed by atoms with Gasteiger partial charge in [-0.25, -0.2) is 4.39 Å². The maximum Gasteiger partial charge on any atom is 0.308 e. The van der Waals surface area contributed by atoms with Gasteiger partial charge >= 0.3 is 5.97 Å². The van der Waals surface area contributed by atoms with Crippen molar-refractivity contribution in [3.8, 4) is 0 Å². The van der Waals surface area contributed by atoms with Gasteiger partial charge in [-0.1, -0.05) is 12.1 Å². The molecule has 0 unspecified atom stereocenters. The van der Waals surface area contributed by atoms with E-state index in [4.69, 9.17) is 4.74 Å². The average molecular weight is 402 g/mol. The molecule has 0 radical (unpaired) electrons. The van der Waals surface area contributed by atoms with Gasteiger partial charge in [0.25, 0.3) is 5.91 Å². The van der Waals surface area contributed by atoms with Crippen LogP contribution in [-0.4, -0.2) is 36.2 Å². The molecular weight excluding hydrogens is 383 g/mol. The number of ether oxygens (including phenoxy) is 1. The molecule has 6 nitrogen and oxygen atoms in total. The largest absolute Gasteiger partial charge is 0.452 e. The van der Waals surface area contributed by atoms with Crippen LogP contribution < -0.4 is 10.2 Å². The Kier molecular flexibility index (Phi) is 6.30. The fourth-order valence-electron chi connectivity index (χ4n) is 2.69. The van der Waals surface area contributed by atoms with E-state index in [0.29, 0.717) is 11.4 Å². The molecule has 1 aliphatic rings. The number of amides is 2. The Labute approximate surface area is 166 Å². The molecule has 2 aromatic carbocycles. The fourth-order valence-corrected chi connectivity index (χ4v) is 3.62. The monoisotopic (exact) mass is 402 g/mol. The lowest BCUT2D eigenvalue weighted by molar-refractivity contribution is -0.152. The molecule has 0 aliphatic carbocycles. The summed E-state index contributed by atoms with van der Waals surface area (Å²) in [6.45, 7) is 1.64. The molecule has 2 amide bonds. The minimum absolute atomic E-state index is 0.0289. The molecule has 0 fully saturated rings. The number of esters is 1. The van der Waals surface area contributed by atoms with E-state index < -0.39 is 23.8 Å². The molecule has 1 aliphatic heterocycles. The molecule has 8 heteroatoms. The Morgan fingerprint density at radius 3 is 2.68 bits per heavy atom. The normalized spacial score (nSPS) is 14.2. The zero-order valence-corrected chi connectivity index (χ0v) is 16.0. The number of para-hydroxylation sites is 1. The van der Waals surface area contributed by atoms with E-state index in [1.807, 2.05) is 24.3 Å². The summed E-state index contributed by atoms with van der Waals surface area (Å²) in [6.07, 6.45) is -1.05. The van der Waals surface area contributed by atoms with Gasteiger partial charge in [0.1, 0.15) is 5.82 Å². The molecule has 0 saturated carbocycles. The van der Waals surface area contributed by atoms with Crippen LogP contribution in [0.25, 0.3) is 0 Å². The maximum atomic E-state index is 12.9. The van der Waals surface area contributed by atoms with Crippen molar-refractivity contribution in [1.29, 1.82) is 0 Å². The number of nitrogens with zero attached hydrogens (tertiary/aromatic N) is 1. The number of hydrogen-bond donors (Lipinski definition) is 1. The molecule has 0 saturated heterocycles. The van der Waals surface area contributed by atoms with Gasteiger partial charge in [0.05, 0.1) is 17.9 Å². The van der Waals surface area contributed by atoms with Gasteiger partial charge in [0, 0.05) is 17.1 Å². The van der Waals surface area contributed by atoms with Crippen LogP contribution in [0.1, 0.15) is 13.3 Å². The second-order valence-corrected chi connectivity index (χ2v) is 7.20. The van der Waals surface area contributed by atoms with Crippen molar-refractivity contribution < 1.29 is 23.5 Å². The van der Waals surface area contributed by atoms with Gasteiger partial charge in [-0.15, -0.1) is 11.8 Å². The van der Waals surface area contributed by atoms with E-state index in [2.05, 4.69) is 5.32 Å². The summed E-state index contributed by atoms with van der Waals surface area (Å²) in [5.41, 5.74) is 1.18. The van der Waals surface area contributed by atoms with E-state index in [-0.39, 0.29) is 18.9 Å². The van der Waals surface area contributed by atoms with Crippen LogP contribution >= 0.6 is 11.8 Å². The number of anilines is 2. The standard InChI is InChI=1S/C20H19FN2O4S/c1-13(20(26)22-15-8-6-14(21)7-9-15)27-19(25)10-11-23-16-4-2-3-5-17(16)28-12-18(23)24/h2-9,13H,10-12H2,1H3,(H,22,26)/t13-/m0/s1. The number of thioether (sulfide) groups is 1. The van der Waals surface area contributed by atoms with Crippen molar-refractivity contribution >= 4 is 40.9 Å². The second-order valence-electron chi connectivity index (χ2n) is 6.18. The lowest BCUT2D eigenvalue weighted by Gasteiger charge is -2.28. The number of fused-ring (bicyclic) bond motifs is 1. The van der Waals surface area contributed by atoms with Crippen LogP contribution in [0.4, 0.5) is 15.8 Å². The first-order valence-electron chi connectivity index (χ1n) is 8.72. The second kappa shape index (κ2) is 8.88. The summed E-state index contributed by atoms with van der Waals surface area (Å²) < 4.78 is 18.1. The summed E-state index contributed by atoms with van der Waals surface area (Å²) in [5.74, 6) is -1.26. The minimum atomic E-state index is -1.02. The van der Waals surface area contributed by atoms with Crippen LogP contribution in [0, 0.1) is 5.82 Å². The Balaban J connectivity index is 1.52. The highest BCUT2D eigenvalue weighted by atomic mass is 32.2. The minimum Gasteiger partial charge on any atom is -0.452 e. The number of carbonyl (C=O) groups is 3. The molecule has 1 heterocycles. The molecule has 28 heavy (non-hydrogen) atoms. The summed E-state index contributed by atoms with van der Waals surface area (Å²) in [6, 6.07) is 12.8. The van der Waals surface area contributed by atoms with Crippen molar-refractivity contribution in [3.63, 3.8) is 0 Å². The number of nitrogens with one attached hydrogen (secondary N) is 1. The first kappa shape index (κ1) is 19.9. The Morgan fingerprint density at radius 2 is 1.93 bits per heavy atom. The zero-order valence-electron chi connectivity index (χ0n) is 15.2. The molecule has 3 rings (SSSR count). The van der Waals surface area contributed by atoms with Crippen molar-refractivity contribution in [2.45, 2.75) is 24.3 Å². The number of carbonyl (C=O) groups excluding carboxylic acids is 3. The Morgan fingerprint density at radius 1 is 1.21 bits per heavy atom. The van der Waals surface area contributed by atoms with E-state index in [1.165, 1.54) is 43.0 Å². The molecule has 0 spiro atoms. The SMILES string of the molecule is C[C@H](OC(=O)CCN1C(=O)CSc2ccccc21)C(=O)Nc1ccc(F)cc1. The van der Waals surface area contributed by atoms with Gasteiger partial charge in [0.15, 0.2) is 6.10 Å². The van der Waals surface area contributed by atoms with E-state index in [0.717, 1.165) is 10.6 Å². The molecule has 0 aromatic heterocycles. The van der Waals surface area contributed by atoms with Crippen LogP contribution in [0.5, 0.6) is 0 Å². The quantitative estimate of drug-likeness (QED) is 0.751. The zero-order chi connectivity index (χ0) is 20.1. The van der Waals surface area contributed by atoms with Crippen molar-refractivity contribution in [2.24, 2.45) is 0 Å². The summed E-state index contributed by atoms with van der Waals surface area (Å²) in [7, 11) is 0. The third kappa shape index (κ3) is 4.89. The van der Waals surface area contributed by atoms with E-state index in [9.17, 15) is 18.8 Å². The Bertz CT molecular complexity index is 888. The van der Waals surface area contributed by atoms with Gasteiger partial charge < -0.3 is 15.0 Å². The summed E-state index contributed by atoms with van der Waals surface area (Å²) in [4.78, 5) is 39.0. The molecule has 1 atom stereocenters. The van der Waals surface area contributed by atoms with Gasteiger partial charge in [0.2, 0.25) is 5.91 Å². The van der Waals surface area contributed by atoms with Gasteiger partial charge in [-0.05, 0) is 43.3 Å². The van der Waals surface area contributed by atoms with Crippen LogP contribution in [0.15, 0.2) is 53.4 Å². The molecule has 1 N–H and O–H groups in total. The van der Waals surface area contributed by atoms with Crippen LogP contribution in [0.3, 0.4) is 0 Å². The molecule has 146 valence electrons. The summed E-state index contributed by atoms with van der Waals surface area (Å²) in [5, 5.41) is 2.55. The molecule has 2 aromatic rings. The highest BCUT2D eigenvalue weighted by molar-refractivity contribution is 8.00. The lowest BCUT2D eigenvalue weighted by atomic mass is 10.2. The fraction of sp³-hybridized carbons (Fsp3) is 0.250. The van der Waals surface area contributed by atoms with Crippen LogP contribution in [-0.2, 0) is 19.1 Å². The highest BCUT2D eigenvalue weighted by Crippen LogP contribution is 2.34. The number of rotatable bonds is 6. The van der Waals surface area contributed by atoms with Crippen LogP contribution in [0.2, 0.25) is 0 Å². The van der Waals surface area contributed by atoms with E-state index in [1.54, 1.807) is 4.90 Å². The predicted octanol–water partition coefficient (Wildman–Crippen LogP) is 3.22. The third-order valence-corrected chi connectivity index (χ3v) is 5.18. The number of benzene rings is 2. The summed E-state index contributed by atoms with van der Waals surface area (Å²) >= 11 is 1.47. The Hall–Kier alpha value is -2.87. The van der Waals surface area contributed by atoms with E-state index >= 15 is 0 Å². The lowest BCUT2D eigenvalue weighted by Crippen LogP contribution is -2.38.